The van der Waals surface area contributed by atoms with Crippen molar-refractivity contribution in [2.75, 3.05) is 36.0 Å². The average molecular weight is 363 g/mol. The first-order valence-electron chi connectivity index (χ1n) is 9.82. The Bertz CT molecular complexity index is 566. The second-order valence-electron chi connectivity index (χ2n) is 8.98. The van der Waals surface area contributed by atoms with Crippen LogP contribution in [0.25, 0.3) is 0 Å². The quantitative estimate of drug-likeness (QED) is 0.806. The van der Waals surface area contributed by atoms with Crippen molar-refractivity contribution in [3.63, 3.8) is 0 Å². The van der Waals surface area contributed by atoms with Crippen molar-refractivity contribution in [2.24, 2.45) is 0 Å². The monoisotopic (exact) mass is 362 g/mol. The summed E-state index contributed by atoms with van der Waals surface area (Å²) in [6.07, 6.45) is 0.828. The molecule has 0 bridgehead atoms. The molecule has 0 saturated carbocycles. The van der Waals surface area contributed by atoms with E-state index in [4.69, 9.17) is 19.4 Å². The molecule has 2 saturated heterocycles. The van der Waals surface area contributed by atoms with Gasteiger partial charge in [0.05, 0.1) is 24.4 Å². The molecule has 26 heavy (non-hydrogen) atoms. The van der Waals surface area contributed by atoms with Crippen molar-refractivity contribution >= 4 is 11.6 Å². The molecule has 146 valence electrons. The lowest BCUT2D eigenvalue weighted by atomic mass is 9.95. The van der Waals surface area contributed by atoms with Crippen molar-refractivity contribution in [1.82, 2.24) is 9.97 Å². The molecule has 0 N–H and O–H groups in total. The first kappa shape index (κ1) is 19.4. The number of nitrogens with zero attached hydrogens (tertiary/aromatic N) is 4. The SMILES string of the molecule is CC1CN(c2cc(N3CC(C)OC(C)C3)nc(C(C)(C)C)n2)CC(C)O1. The molecule has 2 fully saturated rings. The molecule has 2 aliphatic heterocycles. The van der Waals surface area contributed by atoms with Gasteiger partial charge in [0.1, 0.15) is 17.5 Å². The van der Waals surface area contributed by atoms with E-state index in [0.29, 0.717) is 0 Å². The standard InChI is InChI=1S/C20H34N4O2/c1-13-9-23(10-14(2)25-13)17-8-18(22-19(21-17)20(5,6)7)24-11-15(3)26-16(4)12-24/h8,13-16H,9-12H2,1-7H3. The molecule has 0 aromatic carbocycles. The lowest BCUT2D eigenvalue weighted by Crippen LogP contribution is -2.47. The molecule has 4 unspecified atom stereocenters. The predicted octanol–water partition coefficient (Wildman–Crippen LogP) is 3.00. The fourth-order valence-corrected chi connectivity index (χ4v) is 3.81. The molecule has 6 heteroatoms. The van der Waals surface area contributed by atoms with E-state index < -0.39 is 0 Å². The minimum atomic E-state index is -0.0994. The number of hydrogen-bond donors (Lipinski definition) is 0. The molecular weight excluding hydrogens is 328 g/mol. The zero-order chi connectivity index (χ0) is 19.1. The summed E-state index contributed by atoms with van der Waals surface area (Å²) in [5, 5.41) is 0. The first-order valence-corrected chi connectivity index (χ1v) is 9.82. The van der Waals surface area contributed by atoms with Crippen LogP contribution in [0.4, 0.5) is 11.6 Å². The van der Waals surface area contributed by atoms with Gasteiger partial charge >= 0.3 is 0 Å². The van der Waals surface area contributed by atoms with E-state index in [1.165, 1.54) is 0 Å². The van der Waals surface area contributed by atoms with Gasteiger partial charge in [-0.3, -0.25) is 0 Å². The van der Waals surface area contributed by atoms with Gasteiger partial charge in [0.2, 0.25) is 0 Å². The molecule has 0 spiro atoms. The van der Waals surface area contributed by atoms with E-state index in [1.807, 2.05) is 0 Å². The van der Waals surface area contributed by atoms with Crippen LogP contribution in [0.2, 0.25) is 0 Å². The largest absolute Gasteiger partial charge is 0.372 e. The number of anilines is 2. The van der Waals surface area contributed by atoms with Crippen molar-refractivity contribution < 1.29 is 9.47 Å². The third kappa shape index (κ3) is 4.46. The Morgan fingerprint density at radius 1 is 0.769 bits per heavy atom. The van der Waals surface area contributed by atoms with E-state index in [9.17, 15) is 0 Å². The van der Waals surface area contributed by atoms with Crippen LogP contribution in [-0.4, -0.2) is 60.6 Å². The molecule has 4 atom stereocenters. The fourth-order valence-electron chi connectivity index (χ4n) is 3.81. The maximum atomic E-state index is 5.90. The van der Waals surface area contributed by atoms with Crippen LogP contribution in [0.1, 0.15) is 54.3 Å². The van der Waals surface area contributed by atoms with Gasteiger partial charge in [-0.2, -0.15) is 0 Å². The maximum Gasteiger partial charge on any atom is 0.138 e. The molecule has 3 heterocycles. The topological polar surface area (TPSA) is 50.7 Å². The van der Waals surface area contributed by atoms with Crippen LogP contribution in [0.3, 0.4) is 0 Å². The summed E-state index contributed by atoms with van der Waals surface area (Å²) in [4.78, 5) is 14.5. The molecule has 0 amide bonds. The van der Waals surface area contributed by atoms with Gasteiger partial charge in [-0.1, -0.05) is 20.8 Å². The number of hydrogen-bond acceptors (Lipinski definition) is 6. The summed E-state index contributed by atoms with van der Waals surface area (Å²) in [5.41, 5.74) is -0.0994. The normalized spacial score (nSPS) is 30.6. The third-order valence-electron chi connectivity index (χ3n) is 4.86. The Morgan fingerprint density at radius 2 is 1.12 bits per heavy atom. The van der Waals surface area contributed by atoms with Gasteiger partial charge < -0.3 is 19.3 Å². The molecule has 2 aliphatic rings. The first-order chi connectivity index (χ1) is 12.1. The second-order valence-corrected chi connectivity index (χ2v) is 8.98. The third-order valence-corrected chi connectivity index (χ3v) is 4.86. The molecule has 6 nitrogen and oxygen atoms in total. The Kier molecular flexibility index (Phi) is 5.45. The Balaban J connectivity index is 1.96. The highest BCUT2D eigenvalue weighted by molar-refractivity contribution is 5.52. The maximum absolute atomic E-state index is 5.90. The molecule has 1 aromatic rings. The lowest BCUT2D eigenvalue weighted by Gasteiger charge is -2.39. The van der Waals surface area contributed by atoms with Gasteiger partial charge in [0.25, 0.3) is 0 Å². The highest BCUT2D eigenvalue weighted by Gasteiger charge is 2.29. The number of aromatic nitrogens is 2. The summed E-state index contributed by atoms with van der Waals surface area (Å²) in [5.74, 6) is 2.91. The molecule has 3 rings (SSSR count). The lowest BCUT2D eigenvalue weighted by molar-refractivity contribution is -0.00570. The van der Waals surface area contributed by atoms with Crippen LogP contribution in [0.15, 0.2) is 6.07 Å². The van der Waals surface area contributed by atoms with Crippen LogP contribution in [-0.2, 0) is 14.9 Å². The van der Waals surface area contributed by atoms with Crippen molar-refractivity contribution in [2.45, 2.75) is 78.3 Å². The smallest absolute Gasteiger partial charge is 0.138 e. The zero-order valence-electron chi connectivity index (χ0n) is 17.3. The van der Waals surface area contributed by atoms with Crippen LogP contribution >= 0.6 is 0 Å². The van der Waals surface area contributed by atoms with Crippen molar-refractivity contribution in [1.29, 1.82) is 0 Å². The minimum Gasteiger partial charge on any atom is -0.372 e. The summed E-state index contributed by atoms with van der Waals surface area (Å²) < 4.78 is 11.8. The number of ether oxygens (including phenoxy) is 2. The summed E-state index contributed by atoms with van der Waals surface area (Å²) in [6.45, 7) is 18.5. The highest BCUT2D eigenvalue weighted by Crippen LogP contribution is 2.29. The predicted molar refractivity (Wildman–Crippen MR) is 105 cm³/mol. The van der Waals surface area contributed by atoms with E-state index >= 15 is 0 Å². The number of morpholine rings is 2. The second kappa shape index (κ2) is 7.31. The van der Waals surface area contributed by atoms with Crippen LogP contribution in [0.5, 0.6) is 0 Å². The average Bonchev–Trinajstić information content (AvgIpc) is 2.52. The van der Waals surface area contributed by atoms with Crippen LogP contribution in [0, 0.1) is 0 Å². The minimum absolute atomic E-state index is 0.0994. The van der Waals surface area contributed by atoms with E-state index in [-0.39, 0.29) is 29.8 Å². The Labute approximate surface area is 157 Å². The van der Waals surface area contributed by atoms with Gasteiger partial charge in [-0.05, 0) is 27.7 Å². The fraction of sp³-hybridized carbons (Fsp3) is 0.800. The summed E-state index contributed by atoms with van der Waals surface area (Å²) in [7, 11) is 0. The molecule has 0 radical (unpaired) electrons. The molecular formula is C20H34N4O2. The Morgan fingerprint density at radius 3 is 1.42 bits per heavy atom. The van der Waals surface area contributed by atoms with Gasteiger partial charge in [-0.15, -0.1) is 0 Å². The zero-order valence-corrected chi connectivity index (χ0v) is 17.3. The highest BCUT2D eigenvalue weighted by atomic mass is 16.5. The summed E-state index contributed by atoms with van der Waals surface area (Å²) in [6, 6.07) is 2.14. The van der Waals surface area contributed by atoms with Gasteiger partial charge in [0, 0.05) is 37.7 Å². The van der Waals surface area contributed by atoms with Gasteiger partial charge in [0.15, 0.2) is 0 Å². The van der Waals surface area contributed by atoms with Crippen molar-refractivity contribution in [3.05, 3.63) is 11.9 Å². The molecule has 0 aliphatic carbocycles. The number of rotatable bonds is 2. The Hall–Kier alpha value is -1.40. The van der Waals surface area contributed by atoms with Crippen LogP contribution < -0.4 is 9.80 Å². The van der Waals surface area contributed by atoms with Gasteiger partial charge in [-0.25, -0.2) is 9.97 Å². The van der Waals surface area contributed by atoms with Crippen molar-refractivity contribution in [3.8, 4) is 0 Å². The molecule has 1 aromatic heterocycles. The van der Waals surface area contributed by atoms with E-state index in [2.05, 4.69) is 64.3 Å². The summed E-state index contributed by atoms with van der Waals surface area (Å²) >= 11 is 0. The van der Waals surface area contributed by atoms with E-state index in [1.54, 1.807) is 0 Å². The van der Waals surface area contributed by atoms with E-state index in [0.717, 1.165) is 43.6 Å².